The van der Waals surface area contributed by atoms with Crippen LogP contribution in [0.15, 0.2) is 41.2 Å². The van der Waals surface area contributed by atoms with Crippen molar-refractivity contribution in [2.24, 2.45) is 5.73 Å². The number of rotatable bonds is 8. The normalized spacial score (nSPS) is 14.4. The number of carbonyl (C=O) groups is 2. The highest BCUT2D eigenvalue weighted by Gasteiger charge is 2.21. The topological polar surface area (TPSA) is 132 Å². The van der Waals surface area contributed by atoms with Crippen molar-refractivity contribution in [2.75, 3.05) is 36.4 Å². The van der Waals surface area contributed by atoms with Crippen LogP contribution in [0, 0.1) is 5.82 Å². The van der Waals surface area contributed by atoms with E-state index in [1.807, 2.05) is 9.58 Å². The van der Waals surface area contributed by atoms with E-state index >= 15 is 0 Å². The Bertz CT molecular complexity index is 1250. The summed E-state index contributed by atoms with van der Waals surface area (Å²) in [5.41, 5.74) is 6.92. The number of ether oxygens (including phenoxy) is 1. The number of anilines is 2. The van der Waals surface area contributed by atoms with Crippen molar-refractivity contribution in [3.05, 3.63) is 58.1 Å². The molecule has 33 heavy (non-hydrogen) atoms. The van der Waals surface area contributed by atoms with Gasteiger partial charge in [0.15, 0.2) is 0 Å². The van der Waals surface area contributed by atoms with Crippen molar-refractivity contribution in [1.82, 2.24) is 9.36 Å². The van der Waals surface area contributed by atoms with E-state index in [9.17, 15) is 23.9 Å². The molecule has 10 nitrogen and oxygen atoms in total. The van der Waals surface area contributed by atoms with Gasteiger partial charge in [-0.05, 0) is 36.4 Å². The summed E-state index contributed by atoms with van der Waals surface area (Å²) in [5, 5.41) is 12.6. The molecule has 1 aliphatic heterocycles. The number of carboxylic acids is 1. The summed E-state index contributed by atoms with van der Waals surface area (Å²) in [7, 11) is 0. The fraction of sp³-hybridized carbons (Fsp3) is 0.318. The molecule has 174 valence electrons. The molecule has 0 unspecified atom stereocenters. The third-order valence-corrected chi connectivity index (χ3v) is 5.77. The van der Waals surface area contributed by atoms with E-state index in [1.165, 1.54) is 18.2 Å². The minimum absolute atomic E-state index is 0.0638. The first-order chi connectivity index (χ1) is 15.9. The minimum atomic E-state index is -1.09. The predicted octanol–water partition coefficient (Wildman–Crippen LogP) is 1.07. The van der Waals surface area contributed by atoms with Gasteiger partial charge < -0.3 is 25.8 Å². The first-order valence-electron chi connectivity index (χ1n) is 10.5. The van der Waals surface area contributed by atoms with Crippen molar-refractivity contribution in [2.45, 2.75) is 19.2 Å². The number of halogens is 1. The van der Waals surface area contributed by atoms with E-state index in [2.05, 4.69) is 5.32 Å². The molecular formula is C22H24FN5O5. The van der Waals surface area contributed by atoms with Gasteiger partial charge >= 0.3 is 5.97 Å². The summed E-state index contributed by atoms with van der Waals surface area (Å²) < 4.78 is 23.1. The van der Waals surface area contributed by atoms with Gasteiger partial charge in [0.1, 0.15) is 11.9 Å². The Labute approximate surface area is 187 Å². The van der Waals surface area contributed by atoms with Gasteiger partial charge in [-0.3, -0.25) is 14.3 Å². The van der Waals surface area contributed by atoms with Crippen molar-refractivity contribution < 1.29 is 23.8 Å². The maximum atomic E-state index is 14.9. The number of carboxylic acid groups (broad SMARTS) is 1. The third-order valence-electron chi connectivity index (χ3n) is 5.77. The van der Waals surface area contributed by atoms with Gasteiger partial charge in [0.2, 0.25) is 0 Å². The molecule has 0 fully saturated rings. The van der Waals surface area contributed by atoms with E-state index in [0.29, 0.717) is 54.9 Å². The van der Waals surface area contributed by atoms with E-state index in [-0.39, 0.29) is 24.2 Å². The monoisotopic (exact) mass is 457 g/mol. The summed E-state index contributed by atoms with van der Waals surface area (Å²) in [6.07, 6.45) is -0.509. The van der Waals surface area contributed by atoms with Crippen molar-refractivity contribution in [1.29, 1.82) is 0 Å². The molecule has 0 aliphatic carbocycles. The van der Waals surface area contributed by atoms with E-state index in [4.69, 9.17) is 10.5 Å². The Morgan fingerprint density at radius 3 is 2.61 bits per heavy atom. The average Bonchev–Trinajstić information content (AvgIpc) is 2.94. The molecule has 4 rings (SSSR count). The molecule has 4 N–H and O–H groups in total. The number of fused-ring (bicyclic) bond motifs is 3. The zero-order chi connectivity index (χ0) is 23.5. The molecule has 0 saturated carbocycles. The van der Waals surface area contributed by atoms with Crippen LogP contribution in [0.25, 0.3) is 10.9 Å². The standard InChI is InChI=1S/C22H24FN5O5/c23-18-10-15(25-12-16(11-24)33-13-29)2-4-20(18)26-5-7-27-19-3-1-14(22(31)32)9-17(19)21(30)28(27)8-6-26/h1-4,9-10,13,16,25H,5-8,11-12,24H2,(H,31,32)/t16-/m0/s1. The van der Waals surface area contributed by atoms with Gasteiger partial charge in [0, 0.05) is 25.3 Å². The minimum Gasteiger partial charge on any atom is -0.478 e. The van der Waals surface area contributed by atoms with Crippen LogP contribution in [0.3, 0.4) is 0 Å². The molecule has 1 aromatic heterocycles. The van der Waals surface area contributed by atoms with Crippen molar-refractivity contribution >= 4 is 34.7 Å². The highest BCUT2D eigenvalue weighted by Crippen LogP contribution is 2.25. The number of benzene rings is 2. The Balaban J connectivity index is 1.51. The Morgan fingerprint density at radius 2 is 1.94 bits per heavy atom. The molecule has 3 aromatic rings. The smallest absolute Gasteiger partial charge is 0.335 e. The number of hydrogen-bond acceptors (Lipinski definition) is 7. The van der Waals surface area contributed by atoms with Crippen molar-refractivity contribution in [3.8, 4) is 0 Å². The zero-order valence-corrected chi connectivity index (χ0v) is 17.7. The quantitative estimate of drug-likeness (QED) is 0.428. The number of nitrogens with zero attached hydrogens (tertiary/aromatic N) is 3. The largest absolute Gasteiger partial charge is 0.478 e. The number of nitrogens with two attached hydrogens (primary N) is 1. The molecule has 0 radical (unpaired) electrons. The summed E-state index contributed by atoms with van der Waals surface area (Å²) in [6, 6.07) is 9.26. The van der Waals surface area contributed by atoms with Crippen LogP contribution < -0.4 is 21.5 Å². The lowest BCUT2D eigenvalue weighted by atomic mass is 10.1. The molecular weight excluding hydrogens is 433 g/mol. The zero-order valence-electron chi connectivity index (χ0n) is 17.7. The van der Waals surface area contributed by atoms with Gasteiger partial charge in [-0.1, -0.05) is 0 Å². The second kappa shape index (κ2) is 9.33. The lowest BCUT2D eigenvalue weighted by molar-refractivity contribution is -0.132. The third kappa shape index (κ3) is 4.40. The highest BCUT2D eigenvalue weighted by atomic mass is 19.1. The summed E-state index contributed by atoms with van der Waals surface area (Å²) in [6.45, 7) is 2.38. The lowest BCUT2D eigenvalue weighted by Gasteiger charge is -2.23. The number of carbonyl (C=O) groups excluding carboxylic acids is 1. The van der Waals surface area contributed by atoms with Gasteiger partial charge in [-0.25, -0.2) is 13.9 Å². The van der Waals surface area contributed by atoms with Gasteiger partial charge in [-0.2, -0.15) is 0 Å². The Hall–Kier alpha value is -3.86. The molecule has 2 heterocycles. The lowest BCUT2D eigenvalue weighted by Crippen LogP contribution is -2.31. The average molecular weight is 457 g/mol. The molecule has 11 heteroatoms. The number of nitrogens with one attached hydrogen (secondary N) is 1. The first-order valence-corrected chi connectivity index (χ1v) is 10.5. The maximum absolute atomic E-state index is 14.9. The molecule has 0 bridgehead atoms. The predicted molar refractivity (Wildman–Crippen MR) is 120 cm³/mol. The van der Waals surface area contributed by atoms with E-state index < -0.39 is 17.9 Å². The van der Waals surface area contributed by atoms with Crippen molar-refractivity contribution in [3.63, 3.8) is 0 Å². The van der Waals surface area contributed by atoms with Crippen LogP contribution in [-0.2, 0) is 22.6 Å². The molecule has 0 spiro atoms. The number of aromatic nitrogens is 2. The van der Waals surface area contributed by atoms with Crippen LogP contribution in [0.2, 0.25) is 0 Å². The first kappa shape index (κ1) is 22.3. The summed E-state index contributed by atoms with van der Waals surface area (Å²) in [4.78, 5) is 36.4. The fourth-order valence-electron chi connectivity index (χ4n) is 4.06. The SMILES string of the molecule is NC[C@@H](CNc1ccc(N2CCn3c(=O)c4cc(C(=O)O)ccc4n3CC2)c(F)c1)OC=O. The molecule has 1 atom stereocenters. The van der Waals surface area contributed by atoms with Crippen LogP contribution in [0.4, 0.5) is 15.8 Å². The second-order valence-electron chi connectivity index (χ2n) is 7.71. The number of hydrogen-bond donors (Lipinski definition) is 3. The second-order valence-corrected chi connectivity index (χ2v) is 7.71. The summed E-state index contributed by atoms with van der Waals surface area (Å²) in [5.74, 6) is -1.51. The van der Waals surface area contributed by atoms with Crippen LogP contribution in [-0.4, -0.2) is 59.2 Å². The van der Waals surface area contributed by atoms with Gasteiger partial charge in [0.05, 0.1) is 41.8 Å². The summed E-state index contributed by atoms with van der Waals surface area (Å²) >= 11 is 0. The van der Waals surface area contributed by atoms with Crippen LogP contribution in [0.5, 0.6) is 0 Å². The molecule has 1 aliphatic rings. The Kier molecular flexibility index (Phi) is 6.31. The van der Waals surface area contributed by atoms with Crippen LogP contribution >= 0.6 is 0 Å². The van der Waals surface area contributed by atoms with Crippen LogP contribution in [0.1, 0.15) is 10.4 Å². The number of aromatic carboxylic acids is 1. The van der Waals surface area contributed by atoms with E-state index in [0.717, 1.165) is 0 Å². The maximum Gasteiger partial charge on any atom is 0.335 e. The highest BCUT2D eigenvalue weighted by molar-refractivity contribution is 5.93. The Morgan fingerprint density at radius 1 is 1.18 bits per heavy atom. The van der Waals surface area contributed by atoms with E-state index in [1.54, 1.807) is 22.9 Å². The van der Waals surface area contributed by atoms with Gasteiger partial charge in [-0.15, -0.1) is 0 Å². The molecule has 0 saturated heterocycles. The van der Waals surface area contributed by atoms with Gasteiger partial charge in [0.25, 0.3) is 12.0 Å². The molecule has 0 amide bonds. The molecule has 2 aromatic carbocycles. The fourth-order valence-corrected chi connectivity index (χ4v) is 4.06.